The van der Waals surface area contributed by atoms with Gasteiger partial charge in [0.15, 0.2) is 5.82 Å². The van der Waals surface area contributed by atoms with Crippen LogP contribution in [0.3, 0.4) is 0 Å². The molecule has 1 aromatic heterocycles. The first-order valence-corrected chi connectivity index (χ1v) is 6.70. The van der Waals surface area contributed by atoms with Gasteiger partial charge < -0.3 is 10.6 Å². The molecule has 0 saturated carbocycles. The van der Waals surface area contributed by atoms with E-state index in [1.165, 1.54) is 35.1 Å². The summed E-state index contributed by atoms with van der Waals surface area (Å²) in [5.41, 5.74) is 0.486. The van der Waals surface area contributed by atoms with Crippen molar-refractivity contribution in [1.29, 1.82) is 0 Å². The molecule has 2 N–H and O–H groups in total. The number of halogens is 1. The Hall–Kier alpha value is -2.77. The largest absolute Gasteiger partial charge is 0.324 e. The Kier molecular flexibility index (Phi) is 4.82. The molecule has 0 aliphatic heterocycles. The maximum absolute atomic E-state index is 12.8. The molecule has 0 atom stereocenters. The maximum Gasteiger partial charge on any atom is 0.246 e. The van der Waals surface area contributed by atoms with E-state index in [1.54, 1.807) is 13.8 Å². The van der Waals surface area contributed by atoms with Crippen molar-refractivity contribution in [2.45, 2.75) is 20.4 Å². The molecule has 0 bridgehead atoms. The molecule has 0 fully saturated rings. The second-order valence-electron chi connectivity index (χ2n) is 5.00. The molecule has 1 aromatic carbocycles. The van der Waals surface area contributed by atoms with E-state index in [-0.39, 0.29) is 35.9 Å². The Balaban J connectivity index is 1.90. The van der Waals surface area contributed by atoms with Crippen molar-refractivity contribution in [3.8, 4) is 0 Å². The van der Waals surface area contributed by atoms with Gasteiger partial charge in [-0.15, -0.1) is 5.10 Å². The third-order valence-corrected chi connectivity index (χ3v) is 2.75. The first-order valence-electron chi connectivity index (χ1n) is 6.70. The summed E-state index contributed by atoms with van der Waals surface area (Å²) in [6, 6.07) is 5.43. The highest BCUT2D eigenvalue weighted by atomic mass is 19.1. The van der Waals surface area contributed by atoms with Crippen molar-refractivity contribution in [1.82, 2.24) is 15.0 Å². The molecule has 8 heteroatoms. The van der Waals surface area contributed by atoms with Crippen LogP contribution in [0.25, 0.3) is 0 Å². The lowest BCUT2D eigenvalue weighted by molar-refractivity contribution is -0.119. The summed E-state index contributed by atoms with van der Waals surface area (Å²) in [4.78, 5) is 23.3. The summed E-state index contributed by atoms with van der Waals surface area (Å²) < 4.78 is 14.1. The van der Waals surface area contributed by atoms with E-state index in [9.17, 15) is 14.0 Å². The van der Waals surface area contributed by atoms with Crippen molar-refractivity contribution in [3.05, 3.63) is 36.3 Å². The fourth-order valence-electron chi connectivity index (χ4n) is 1.58. The van der Waals surface area contributed by atoms with Gasteiger partial charge in [-0.25, -0.2) is 9.07 Å². The van der Waals surface area contributed by atoms with Crippen molar-refractivity contribution >= 4 is 23.3 Å². The normalized spacial score (nSPS) is 10.5. The zero-order valence-corrected chi connectivity index (χ0v) is 12.2. The smallest absolute Gasteiger partial charge is 0.246 e. The number of hydrogen-bond acceptors (Lipinski definition) is 4. The molecule has 0 aliphatic carbocycles. The van der Waals surface area contributed by atoms with Crippen molar-refractivity contribution in [2.24, 2.45) is 5.92 Å². The predicted molar refractivity (Wildman–Crippen MR) is 78.5 cm³/mol. The molecule has 0 radical (unpaired) electrons. The first-order chi connectivity index (χ1) is 10.4. The van der Waals surface area contributed by atoms with Gasteiger partial charge in [-0.3, -0.25) is 9.59 Å². The Morgan fingerprint density at radius 1 is 1.23 bits per heavy atom. The van der Waals surface area contributed by atoms with E-state index in [1.807, 2.05) is 0 Å². The number of carbonyl (C=O) groups is 2. The lowest BCUT2D eigenvalue weighted by atomic mass is 10.2. The van der Waals surface area contributed by atoms with Crippen LogP contribution in [0.15, 0.2) is 30.5 Å². The van der Waals surface area contributed by atoms with Gasteiger partial charge in [-0.05, 0) is 24.3 Å². The second-order valence-corrected chi connectivity index (χ2v) is 5.00. The van der Waals surface area contributed by atoms with Crippen molar-refractivity contribution in [3.63, 3.8) is 0 Å². The fraction of sp³-hybridized carbons (Fsp3) is 0.286. The highest BCUT2D eigenvalue weighted by Gasteiger charge is 2.11. The topological polar surface area (TPSA) is 88.9 Å². The Bertz CT molecular complexity index is 666. The van der Waals surface area contributed by atoms with Gasteiger partial charge in [0.1, 0.15) is 12.4 Å². The van der Waals surface area contributed by atoms with Gasteiger partial charge >= 0.3 is 0 Å². The highest BCUT2D eigenvalue weighted by Crippen LogP contribution is 2.08. The van der Waals surface area contributed by atoms with Gasteiger partial charge in [0.05, 0.1) is 6.20 Å². The van der Waals surface area contributed by atoms with Gasteiger partial charge in [0.2, 0.25) is 11.8 Å². The van der Waals surface area contributed by atoms with Crippen LogP contribution in [-0.2, 0) is 16.1 Å². The molecule has 0 spiro atoms. The molecular formula is C14H16FN5O2. The molecular weight excluding hydrogens is 289 g/mol. The van der Waals surface area contributed by atoms with Gasteiger partial charge in [0, 0.05) is 11.6 Å². The highest BCUT2D eigenvalue weighted by molar-refractivity contribution is 5.91. The second kappa shape index (κ2) is 6.79. The van der Waals surface area contributed by atoms with Crippen LogP contribution in [0.4, 0.5) is 15.9 Å². The summed E-state index contributed by atoms with van der Waals surface area (Å²) in [6.07, 6.45) is 1.46. The van der Waals surface area contributed by atoms with Gasteiger partial charge in [-0.2, -0.15) is 0 Å². The quantitative estimate of drug-likeness (QED) is 0.879. The van der Waals surface area contributed by atoms with E-state index in [2.05, 4.69) is 20.9 Å². The minimum Gasteiger partial charge on any atom is -0.324 e. The van der Waals surface area contributed by atoms with E-state index in [4.69, 9.17) is 0 Å². The van der Waals surface area contributed by atoms with Crippen LogP contribution < -0.4 is 10.6 Å². The molecule has 116 valence electrons. The number of anilines is 2. The summed E-state index contributed by atoms with van der Waals surface area (Å²) in [5, 5.41) is 12.7. The van der Waals surface area contributed by atoms with E-state index in [0.717, 1.165) is 0 Å². The van der Waals surface area contributed by atoms with Crippen LogP contribution in [-0.4, -0.2) is 26.8 Å². The Labute approximate surface area is 126 Å². The van der Waals surface area contributed by atoms with Crippen molar-refractivity contribution in [2.75, 3.05) is 10.6 Å². The summed E-state index contributed by atoms with van der Waals surface area (Å²) in [7, 11) is 0. The average Bonchev–Trinajstić information content (AvgIpc) is 2.88. The lowest BCUT2D eigenvalue weighted by Crippen LogP contribution is -2.19. The molecule has 1 heterocycles. The number of carbonyl (C=O) groups excluding carboxylic acids is 2. The lowest BCUT2D eigenvalue weighted by Gasteiger charge is -2.05. The zero-order valence-electron chi connectivity index (χ0n) is 12.2. The predicted octanol–water partition coefficient (Wildman–Crippen LogP) is 1.65. The van der Waals surface area contributed by atoms with E-state index < -0.39 is 0 Å². The third kappa shape index (κ3) is 4.37. The Morgan fingerprint density at radius 3 is 2.55 bits per heavy atom. The number of benzene rings is 1. The molecule has 0 unspecified atom stereocenters. The molecule has 2 amide bonds. The van der Waals surface area contributed by atoms with Crippen LogP contribution in [0, 0.1) is 11.7 Å². The molecule has 0 saturated heterocycles. The summed E-state index contributed by atoms with van der Waals surface area (Å²) >= 11 is 0. The minimum absolute atomic E-state index is 0.0675. The SMILES string of the molecule is CC(C)C(=O)Nc1cn(CC(=O)Nc2ccc(F)cc2)nn1. The monoisotopic (exact) mass is 305 g/mol. The van der Waals surface area contributed by atoms with Crippen molar-refractivity contribution < 1.29 is 14.0 Å². The zero-order chi connectivity index (χ0) is 16.1. The molecule has 2 rings (SSSR count). The third-order valence-electron chi connectivity index (χ3n) is 2.75. The van der Waals surface area contributed by atoms with Crippen LogP contribution in [0.2, 0.25) is 0 Å². The number of aromatic nitrogens is 3. The number of rotatable bonds is 5. The fourth-order valence-corrected chi connectivity index (χ4v) is 1.58. The van der Waals surface area contributed by atoms with E-state index >= 15 is 0 Å². The molecule has 0 aliphatic rings. The number of amides is 2. The molecule has 22 heavy (non-hydrogen) atoms. The van der Waals surface area contributed by atoms with Crippen LogP contribution >= 0.6 is 0 Å². The standard InChI is InChI=1S/C14H16FN5O2/c1-9(2)14(22)17-12-7-20(19-18-12)8-13(21)16-11-5-3-10(15)4-6-11/h3-7,9H,8H2,1-2H3,(H,16,21)(H,17,22). The van der Waals surface area contributed by atoms with Gasteiger partial charge in [0.25, 0.3) is 0 Å². The summed E-state index contributed by atoms with van der Waals surface area (Å²) in [6.45, 7) is 3.45. The minimum atomic E-state index is -0.375. The van der Waals surface area contributed by atoms with Gasteiger partial charge in [-0.1, -0.05) is 19.1 Å². The number of hydrogen-bond donors (Lipinski definition) is 2. The van der Waals surface area contributed by atoms with E-state index in [0.29, 0.717) is 5.69 Å². The Morgan fingerprint density at radius 2 is 1.91 bits per heavy atom. The average molecular weight is 305 g/mol. The number of nitrogens with one attached hydrogen (secondary N) is 2. The number of nitrogens with zero attached hydrogens (tertiary/aromatic N) is 3. The maximum atomic E-state index is 12.8. The van der Waals surface area contributed by atoms with Crippen LogP contribution in [0.5, 0.6) is 0 Å². The van der Waals surface area contributed by atoms with Crippen LogP contribution in [0.1, 0.15) is 13.8 Å². The molecule has 2 aromatic rings. The molecule has 7 nitrogen and oxygen atoms in total. The first kappa shape index (κ1) is 15.6. The summed E-state index contributed by atoms with van der Waals surface area (Å²) in [5.74, 6) is -0.777.